The molecule has 5 nitrogen and oxygen atoms in total. The van der Waals surface area contributed by atoms with Crippen molar-refractivity contribution in [3.05, 3.63) is 35.6 Å². The lowest BCUT2D eigenvalue weighted by Crippen LogP contribution is -2.44. The Balaban J connectivity index is 0.00000192. The predicted octanol–water partition coefficient (Wildman–Crippen LogP) is 1.21. The van der Waals surface area contributed by atoms with Crippen LogP contribution in [-0.4, -0.2) is 37.0 Å². The molecule has 7 heteroatoms. The van der Waals surface area contributed by atoms with Gasteiger partial charge in [-0.15, -0.1) is 12.4 Å². The van der Waals surface area contributed by atoms with Gasteiger partial charge in [0, 0.05) is 25.2 Å². The highest BCUT2D eigenvalue weighted by Crippen LogP contribution is 2.29. The third-order valence-corrected chi connectivity index (χ3v) is 4.80. The van der Waals surface area contributed by atoms with Crippen LogP contribution in [0, 0.1) is 17.7 Å². The molecule has 2 atom stereocenters. The van der Waals surface area contributed by atoms with Crippen molar-refractivity contribution in [3.8, 4) is 0 Å². The van der Waals surface area contributed by atoms with Crippen LogP contribution in [0.25, 0.3) is 0 Å². The van der Waals surface area contributed by atoms with Gasteiger partial charge in [0.2, 0.25) is 5.91 Å². The number of halogens is 2. The molecule has 1 aromatic rings. The molecule has 1 aromatic carbocycles. The van der Waals surface area contributed by atoms with Crippen molar-refractivity contribution in [1.82, 2.24) is 15.8 Å². The van der Waals surface area contributed by atoms with Gasteiger partial charge in [-0.25, -0.2) is 9.82 Å². The van der Waals surface area contributed by atoms with Crippen molar-refractivity contribution in [2.45, 2.75) is 18.9 Å². The molecule has 2 unspecified atom stereocenters. The van der Waals surface area contributed by atoms with Crippen LogP contribution in [0.15, 0.2) is 24.3 Å². The lowest BCUT2D eigenvalue weighted by atomic mass is 9.91. The van der Waals surface area contributed by atoms with E-state index in [1.165, 1.54) is 6.07 Å². The van der Waals surface area contributed by atoms with Crippen LogP contribution in [0.5, 0.6) is 0 Å². The maximum Gasteiger partial charge on any atom is 0.229 e. The van der Waals surface area contributed by atoms with E-state index in [2.05, 4.69) is 10.9 Å². The Morgan fingerprint density at radius 3 is 2.65 bits per heavy atom. The van der Waals surface area contributed by atoms with Gasteiger partial charge < -0.3 is 10.6 Å². The van der Waals surface area contributed by atoms with Gasteiger partial charge in [-0.05, 0) is 31.4 Å². The third-order valence-electron chi connectivity index (χ3n) is 4.80. The number of benzene rings is 1. The highest BCUT2D eigenvalue weighted by molar-refractivity contribution is 5.85. The van der Waals surface area contributed by atoms with Crippen LogP contribution in [0.4, 0.5) is 4.39 Å². The molecule has 4 N–H and O–H groups in total. The number of rotatable bonds is 3. The Labute approximate surface area is 142 Å². The zero-order chi connectivity index (χ0) is 15.5. The fourth-order valence-electron chi connectivity index (χ4n) is 3.37. The maximum atomic E-state index is 14.0. The lowest BCUT2D eigenvalue weighted by Gasteiger charge is -2.34. The first-order chi connectivity index (χ1) is 10.7. The number of nitrogens with two attached hydrogens (primary N) is 1. The normalized spacial score (nSPS) is 25.2. The number of hydrogen-bond acceptors (Lipinski definition) is 4. The highest BCUT2D eigenvalue weighted by atomic mass is 35.5. The number of carbonyl (C=O) groups is 1. The second-order valence-corrected chi connectivity index (χ2v) is 6.14. The fraction of sp³-hybridized carbons (Fsp3) is 0.562. The second-order valence-electron chi connectivity index (χ2n) is 6.14. The molecule has 0 saturated carbocycles. The monoisotopic (exact) mass is 342 g/mol. The summed E-state index contributed by atoms with van der Waals surface area (Å²) in [5.41, 5.74) is 12.3. The molecule has 2 aliphatic rings. The Kier molecular flexibility index (Phi) is 6.35. The van der Waals surface area contributed by atoms with Crippen LogP contribution in [0.3, 0.4) is 0 Å². The van der Waals surface area contributed by atoms with Crippen molar-refractivity contribution < 1.29 is 9.18 Å². The summed E-state index contributed by atoms with van der Waals surface area (Å²) in [5, 5.41) is 0. The van der Waals surface area contributed by atoms with E-state index in [0.717, 1.165) is 25.9 Å². The zero-order valence-corrected chi connectivity index (χ0v) is 13.8. The molecular formula is C16H24ClFN4O. The van der Waals surface area contributed by atoms with E-state index in [0.29, 0.717) is 24.6 Å². The number of nitrogens with zero attached hydrogens (tertiary/aromatic N) is 1. The van der Waals surface area contributed by atoms with E-state index in [4.69, 9.17) is 5.73 Å². The number of piperidine rings is 1. The molecule has 2 aliphatic heterocycles. The molecule has 0 spiro atoms. The van der Waals surface area contributed by atoms with Gasteiger partial charge in [0.15, 0.2) is 0 Å². The molecule has 1 amide bonds. The maximum absolute atomic E-state index is 14.0. The molecule has 128 valence electrons. The summed E-state index contributed by atoms with van der Waals surface area (Å²) in [6, 6.07) is 6.31. The molecule has 2 saturated heterocycles. The summed E-state index contributed by atoms with van der Waals surface area (Å²) in [6.45, 7) is 2.71. The molecule has 0 aromatic heterocycles. The molecule has 2 fully saturated rings. The summed E-state index contributed by atoms with van der Waals surface area (Å²) in [6.07, 6.45) is 1.92. The van der Waals surface area contributed by atoms with Crippen LogP contribution < -0.4 is 16.6 Å². The summed E-state index contributed by atoms with van der Waals surface area (Å²) in [5.74, 6) is 0.0714. The van der Waals surface area contributed by atoms with Crippen LogP contribution in [0.1, 0.15) is 24.4 Å². The Hall–Kier alpha value is -1.21. The van der Waals surface area contributed by atoms with Gasteiger partial charge in [0.05, 0.1) is 12.0 Å². The van der Waals surface area contributed by atoms with Crippen LogP contribution in [-0.2, 0) is 4.79 Å². The van der Waals surface area contributed by atoms with Crippen LogP contribution in [0.2, 0.25) is 0 Å². The smallest absolute Gasteiger partial charge is 0.229 e. The van der Waals surface area contributed by atoms with E-state index in [9.17, 15) is 9.18 Å². The van der Waals surface area contributed by atoms with E-state index in [-0.39, 0.29) is 36.1 Å². The molecule has 23 heavy (non-hydrogen) atoms. The van der Waals surface area contributed by atoms with E-state index in [1.807, 2.05) is 4.90 Å². The zero-order valence-electron chi connectivity index (χ0n) is 13.0. The minimum absolute atomic E-state index is 0. The largest absolute Gasteiger partial charge is 0.342 e. The second kappa shape index (κ2) is 8.06. The van der Waals surface area contributed by atoms with Gasteiger partial charge in [-0.1, -0.05) is 18.2 Å². The van der Waals surface area contributed by atoms with Gasteiger partial charge in [0.25, 0.3) is 0 Å². The summed E-state index contributed by atoms with van der Waals surface area (Å²) >= 11 is 0. The standard InChI is InChI=1S/C16H23FN4O.ClH/c17-14-4-2-1-3-12(14)15-13(10-19-20-15)16(22)21-7-5-11(9-18)6-8-21;/h1-4,11,13,15,19-20H,5-10,18H2;1H. The first kappa shape index (κ1) is 18.1. The minimum Gasteiger partial charge on any atom is -0.342 e. The van der Waals surface area contributed by atoms with E-state index < -0.39 is 0 Å². The first-order valence-electron chi connectivity index (χ1n) is 7.92. The van der Waals surface area contributed by atoms with Crippen molar-refractivity contribution in [1.29, 1.82) is 0 Å². The molecule has 0 aliphatic carbocycles. The van der Waals surface area contributed by atoms with Gasteiger partial charge in [0.1, 0.15) is 5.82 Å². The molecular weight excluding hydrogens is 319 g/mol. The van der Waals surface area contributed by atoms with Crippen LogP contribution >= 0.6 is 12.4 Å². The third kappa shape index (κ3) is 3.83. The quantitative estimate of drug-likeness (QED) is 0.772. The van der Waals surface area contributed by atoms with E-state index >= 15 is 0 Å². The Morgan fingerprint density at radius 2 is 2.00 bits per heavy atom. The van der Waals surface area contributed by atoms with Crippen molar-refractivity contribution in [2.75, 3.05) is 26.2 Å². The number of nitrogens with one attached hydrogen (secondary N) is 2. The molecule has 0 bridgehead atoms. The Morgan fingerprint density at radius 1 is 1.30 bits per heavy atom. The number of likely N-dealkylation sites (tertiary alicyclic amines) is 1. The SMILES string of the molecule is Cl.NCC1CCN(C(=O)C2CNNC2c2ccccc2F)CC1. The number of hydrogen-bond donors (Lipinski definition) is 3. The average Bonchev–Trinajstić information content (AvgIpc) is 3.04. The topological polar surface area (TPSA) is 70.4 Å². The highest BCUT2D eigenvalue weighted by Gasteiger charge is 2.38. The summed E-state index contributed by atoms with van der Waals surface area (Å²) in [4.78, 5) is 14.7. The van der Waals surface area contributed by atoms with Gasteiger partial charge in [-0.3, -0.25) is 10.2 Å². The van der Waals surface area contributed by atoms with Crippen molar-refractivity contribution in [3.63, 3.8) is 0 Å². The molecule has 2 heterocycles. The Bertz CT molecular complexity index is 537. The van der Waals surface area contributed by atoms with Gasteiger partial charge >= 0.3 is 0 Å². The number of amides is 1. The average molecular weight is 343 g/mol. The molecule has 3 rings (SSSR count). The predicted molar refractivity (Wildman–Crippen MR) is 89.4 cm³/mol. The first-order valence-corrected chi connectivity index (χ1v) is 7.92. The minimum atomic E-state index is -0.319. The number of hydrazine groups is 1. The fourth-order valence-corrected chi connectivity index (χ4v) is 3.37. The molecule has 0 radical (unpaired) electrons. The van der Waals surface area contributed by atoms with Gasteiger partial charge in [-0.2, -0.15) is 0 Å². The summed E-state index contributed by atoms with van der Waals surface area (Å²) in [7, 11) is 0. The summed E-state index contributed by atoms with van der Waals surface area (Å²) < 4.78 is 14.0. The lowest BCUT2D eigenvalue weighted by molar-refractivity contribution is -0.136. The van der Waals surface area contributed by atoms with Crippen molar-refractivity contribution in [2.24, 2.45) is 17.6 Å². The van der Waals surface area contributed by atoms with Crippen molar-refractivity contribution >= 4 is 18.3 Å². The van der Waals surface area contributed by atoms with E-state index in [1.54, 1.807) is 18.2 Å². The number of carbonyl (C=O) groups excluding carboxylic acids is 1.